The summed E-state index contributed by atoms with van der Waals surface area (Å²) in [5.41, 5.74) is -0.941. The van der Waals surface area contributed by atoms with Gasteiger partial charge in [0.15, 0.2) is 5.60 Å². The molecule has 0 atom stereocenters. The molecule has 12 heavy (non-hydrogen) atoms. The molecule has 3 heteroatoms. The fourth-order valence-corrected chi connectivity index (χ4v) is 1.44. The van der Waals surface area contributed by atoms with Gasteiger partial charge in [0, 0.05) is 7.11 Å². The van der Waals surface area contributed by atoms with Crippen molar-refractivity contribution in [2.45, 2.75) is 45.1 Å². The maximum Gasteiger partial charge on any atom is 0.335 e. The second-order valence-electron chi connectivity index (χ2n) is 3.00. The third-order valence-electron chi connectivity index (χ3n) is 2.09. The van der Waals surface area contributed by atoms with E-state index >= 15 is 0 Å². The van der Waals surface area contributed by atoms with Crippen molar-refractivity contribution in [2.24, 2.45) is 0 Å². The zero-order chi connectivity index (χ0) is 9.61. The molecular formula is C9H18O3. The number of rotatable bonds is 6. The van der Waals surface area contributed by atoms with E-state index in [0.717, 1.165) is 12.8 Å². The van der Waals surface area contributed by atoms with Gasteiger partial charge in [0.05, 0.1) is 0 Å². The van der Waals surface area contributed by atoms with Crippen LogP contribution in [-0.2, 0) is 9.53 Å². The van der Waals surface area contributed by atoms with Crippen molar-refractivity contribution in [1.29, 1.82) is 0 Å². The maximum absolute atomic E-state index is 10.9. The van der Waals surface area contributed by atoms with Gasteiger partial charge < -0.3 is 9.84 Å². The van der Waals surface area contributed by atoms with Crippen molar-refractivity contribution in [3.05, 3.63) is 0 Å². The molecule has 0 rings (SSSR count). The lowest BCUT2D eigenvalue weighted by molar-refractivity contribution is -0.164. The fraction of sp³-hybridized carbons (Fsp3) is 0.889. The predicted molar refractivity (Wildman–Crippen MR) is 47.2 cm³/mol. The predicted octanol–water partition coefficient (Wildman–Crippen LogP) is 2.06. The van der Waals surface area contributed by atoms with Gasteiger partial charge in [-0.2, -0.15) is 0 Å². The minimum Gasteiger partial charge on any atom is -0.479 e. The summed E-state index contributed by atoms with van der Waals surface area (Å²) in [7, 11) is 1.47. The number of carboxylic acid groups (broad SMARTS) is 1. The summed E-state index contributed by atoms with van der Waals surface area (Å²) in [6.07, 6.45) is 2.85. The Morgan fingerprint density at radius 3 is 1.92 bits per heavy atom. The maximum atomic E-state index is 10.9. The number of hydrogen-bond donors (Lipinski definition) is 1. The van der Waals surface area contributed by atoms with Gasteiger partial charge in [0.25, 0.3) is 0 Å². The van der Waals surface area contributed by atoms with Gasteiger partial charge in [0.1, 0.15) is 0 Å². The molecule has 0 heterocycles. The minimum absolute atomic E-state index is 0.590. The Bertz CT molecular complexity index is 137. The Morgan fingerprint density at radius 2 is 1.75 bits per heavy atom. The first-order valence-electron chi connectivity index (χ1n) is 4.41. The monoisotopic (exact) mass is 174 g/mol. The summed E-state index contributed by atoms with van der Waals surface area (Å²) < 4.78 is 5.08. The molecule has 0 aliphatic heterocycles. The highest BCUT2D eigenvalue weighted by Crippen LogP contribution is 2.23. The Morgan fingerprint density at radius 1 is 1.33 bits per heavy atom. The highest BCUT2D eigenvalue weighted by Gasteiger charge is 2.36. The summed E-state index contributed by atoms with van der Waals surface area (Å²) >= 11 is 0. The van der Waals surface area contributed by atoms with Crippen LogP contribution in [0.3, 0.4) is 0 Å². The molecule has 0 spiro atoms. The molecule has 0 aliphatic rings. The smallest absolute Gasteiger partial charge is 0.335 e. The van der Waals surface area contributed by atoms with Gasteiger partial charge in [0.2, 0.25) is 0 Å². The average Bonchev–Trinajstić information content (AvgIpc) is 2.03. The van der Waals surface area contributed by atoms with Crippen molar-refractivity contribution in [3.63, 3.8) is 0 Å². The van der Waals surface area contributed by atoms with E-state index in [0.29, 0.717) is 12.8 Å². The third-order valence-corrected chi connectivity index (χ3v) is 2.09. The van der Waals surface area contributed by atoms with Crippen LogP contribution < -0.4 is 0 Å². The van der Waals surface area contributed by atoms with Crippen LogP contribution in [0.1, 0.15) is 39.5 Å². The van der Waals surface area contributed by atoms with Gasteiger partial charge in [-0.1, -0.05) is 26.7 Å². The molecular weight excluding hydrogens is 156 g/mol. The molecule has 0 aromatic rings. The lowest BCUT2D eigenvalue weighted by atomic mass is 9.93. The molecule has 0 unspecified atom stereocenters. The van der Waals surface area contributed by atoms with E-state index in [1.54, 1.807) is 0 Å². The van der Waals surface area contributed by atoms with Gasteiger partial charge >= 0.3 is 5.97 Å². The molecule has 0 fully saturated rings. The van der Waals surface area contributed by atoms with E-state index < -0.39 is 11.6 Å². The minimum atomic E-state index is -0.941. The molecule has 0 radical (unpaired) electrons. The summed E-state index contributed by atoms with van der Waals surface area (Å²) in [6, 6.07) is 0. The number of ether oxygens (including phenoxy) is 1. The normalized spacial score (nSPS) is 11.6. The van der Waals surface area contributed by atoms with Crippen molar-refractivity contribution < 1.29 is 14.6 Å². The molecule has 0 aliphatic carbocycles. The van der Waals surface area contributed by atoms with Gasteiger partial charge in [-0.25, -0.2) is 4.79 Å². The first-order valence-corrected chi connectivity index (χ1v) is 4.41. The second kappa shape index (κ2) is 5.14. The zero-order valence-electron chi connectivity index (χ0n) is 8.09. The molecule has 0 aromatic heterocycles. The van der Waals surface area contributed by atoms with Crippen LogP contribution >= 0.6 is 0 Å². The Balaban J connectivity index is 4.39. The number of carboxylic acids is 1. The highest BCUT2D eigenvalue weighted by atomic mass is 16.5. The summed E-state index contributed by atoms with van der Waals surface area (Å²) in [5.74, 6) is -0.839. The fourth-order valence-electron chi connectivity index (χ4n) is 1.44. The van der Waals surface area contributed by atoms with Crippen LogP contribution in [0.2, 0.25) is 0 Å². The van der Waals surface area contributed by atoms with E-state index in [4.69, 9.17) is 9.84 Å². The highest BCUT2D eigenvalue weighted by molar-refractivity contribution is 5.77. The molecule has 72 valence electrons. The number of hydrogen-bond acceptors (Lipinski definition) is 2. The molecule has 3 nitrogen and oxygen atoms in total. The van der Waals surface area contributed by atoms with Gasteiger partial charge in [-0.3, -0.25) is 0 Å². The largest absolute Gasteiger partial charge is 0.479 e. The first-order chi connectivity index (χ1) is 5.63. The van der Waals surface area contributed by atoms with Crippen LogP contribution in [0.25, 0.3) is 0 Å². The second-order valence-corrected chi connectivity index (χ2v) is 3.00. The first kappa shape index (κ1) is 11.4. The molecule has 0 bridgehead atoms. The van der Waals surface area contributed by atoms with Crippen LogP contribution in [-0.4, -0.2) is 23.8 Å². The van der Waals surface area contributed by atoms with Crippen LogP contribution in [0, 0.1) is 0 Å². The standard InChI is InChI=1S/C9H18O3/c1-4-6-9(12-3,7-5-2)8(10)11/h4-7H2,1-3H3,(H,10,11). The quantitative estimate of drug-likeness (QED) is 0.670. The van der Waals surface area contributed by atoms with Gasteiger partial charge in [-0.15, -0.1) is 0 Å². The number of aliphatic carboxylic acids is 1. The average molecular weight is 174 g/mol. The summed E-state index contributed by atoms with van der Waals surface area (Å²) in [5, 5.41) is 8.96. The molecule has 0 saturated carbocycles. The Kier molecular flexibility index (Phi) is 4.90. The van der Waals surface area contributed by atoms with E-state index in [9.17, 15) is 4.79 Å². The van der Waals surface area contributed by atoms with E-state index in [2.05, 4.69) is 0 Å². The van der Waals surface area contributed by atoms with Crippen LogP contribution in [0.4, 0.5) is 0 Å². The molecule has 1 N–H and O–H groups in total. The topological polar surface area (TPSA) is 46.5 Å². The number of methoxy groups -OCH3 is 1. The molecule has 0 saturated heterocycles. The van der Waals surface area contributed by atoms with E-state index in [1.807, 2.05) is 13.8 Å². The summed E-state index contributed by atoms with van der Waals surface area (Å²) in [4.78, 5) is 10.9. The lowest BCUT2D eigenvalue weighted by Crippen LogP contribution is -2.40. The van der Waals surface area contributed by atoms with E-state index in [1.165, 1.54) is 7.11 Å². The summed E-state index contributed by atoms with van der Waals surface area (Å²) in [6.45, 7) is 3.93. The van der Waals surface area contributed by atoms with Crippen molar-refractivity contribution >= 4 is 5.97 Å². The van der Waals surface area contributed by atoms with Crippen LogP contribution in [0.15, 0.2) is 0 Å². The van der Waals surface area contributed by atoms with Gasteiger partial charge in [-0.05, 0) is 12.8 Å². The lowest BCUT2D eigenvalue weighted by Gasteiger charge is -2.26. The Labute approximate surface area is 73.7 Å². The molecule has 0 amide bonds. The third kappa shape index (κ3) is 2.48. The van der Waals surface area contributed by atoms with Crippen molar-refractivity contribution in [2.75, 3.05) is 7.11 Å². The zero-order valence-corrected chi connectivity index (χ0v) is 8.09. The van der Waals surface area contributed by atoms with E-state index in [-0.39, 0.29) is 0 Å². The SMILES string of the molecule is CCCC(CCC)(OC)C(=O)O. The van der Waals surface area contributed by atoms with Crippen LogP contribution in [0.5, 0.6) is 0 Å². The Hall–Kier alpha value is -0.570. The van der Waals surface area contributed by atoms with Crippen molar-refractivity contribution in [3.8, 4) is 0 Å². The molecule has 0 aromatic carbocycles. The van der Waals surface area contributed by atoms with Crippen molar-refractivity contribution in [1.82, 2.24) is 0 Å². The number of carbonyl (C=O) groups is 1.